The number of Topliss-reactive ketones (excluding diaryl/α,β-unsaturated/α-hetero) is 1. The van der Waals surface area contributed by atoms with E-state index in [1.807, 2.05) is 13.8 Å². The smallest absolute Gasteiger partial charge is 0.313 e. The first-order chi connectivity index (χ1) is 7.99. The summed E-state index contributed by atoms with van der Waals surface area (Å²) >= 11 is 0. The number of aryl methyl sites for hydroxylation is 2. The third-order valence-corrected chi connectivity index (χ3v) is 2.52. The first-order valence-electron chi connectivity index (χ1n) is 5.24. The minimum Gasteiger partial charge on any atom is -0.496 e. The van der Waals surface area contributed by atoms with Gasteiger partial charge in [-0.3, -0.25) is 9.59 Å². The summed E-state index contributed by atoms with van der Waals surface area (Å²) in [5.41, 5.74) is 2.26. The summed E-state index contributed by atoms with van der Waals surface area (Å²) in [5.74, 6) is -0.00792. The molecule has 4 heteroatoms. The van der Waals surface area contributed by atoms with Crippen LogP contribution in [0.2, 0.25) is 0 Å². The molecule has 1 rings (SSSR count). The zero-order valence-electron chi connectivity index (χ0n) is 10.5. The molecule has 0 spiro atoms. The van der Waals surface area contributed by atoms with E-state index in [2.05, 4.69) is 4.74 Å². The third-order valence-electron chi connectivity index (χ3n) is 2.52. The van der Waals surface area contributed by atoms with E-state index in [1.54, 1.807) is 19.2 Å². The van der Waals surface area contributed by atoms with Gasteiger partial charge in [0.2, 0.25) is 0 Å². The van der Waals surface area contributed by atoms with E-state index < -0.39 is 5.97 Å². The van der Waals surface area contributed by atoms with Crippen LogP contribution in [0.25, 0.3) is 0 Å². The summed E-state index contributed by atoms with van der Waals surface area (Å²) in [5, 5.41) is 0. The van der Waals surface area contributed by atoms with Crippen LogP contribution in [0.5, 0.6) is 5.75 Å². The molecule has 0 saturated heterocycles. The van der Waals surface area contributed by atoms with Crippen molar-refractivity contribution in [2.24, 2.45) is 0 Å². The van der Waals surface area contributed by atoms with E-state index in [1.165, 1.54) is 7.11 Å². The van der Waals surface area contributed by atoms with Crippen LogP contribution in [-0.4, -0.2) is 26.0 Å². The summed E-state index contributed by atoms with van der Waals surface area (Å²) in [4.78, 5) is 22.8. The van der Waals surface area contributed by atoms with E-state index in [0.29, 0.717) is 5.56 Å². The monoisotopic (exact) mass is 236 g/mol. The highest BCUT2D eigenvalue weighted by Gasteiger charge is 2.14. The second-order valence-corrected chi connectivity index (χ2v) is 3.82. The lowest BCUT2D eigenvalue weighted by Crippen LogP contribution is -2.10. The van der Waals surface area contributed by atoms with Gasteiger partial charge in [0.15, 0.2) is 5.78 Å². The number of ether oxygens (including phenoxy) is 2. The number of ketones is 1. The summed E-state index contributed by atoms with van der Waals surface area (Å²) in [6.45, 7) is 3.72. The van der Waals surface area contributed by atoms with Crippen LogP contribution in [0.1, 0.15) is 27.9 Å². The summed E-state index contributed by atoms with van der Waals surface area (Å²) in [7, 11) is 2.85. The molecule has 0 fully saturated rings. The lowest BCUT2D eigenvalue weighted by atomic mass is 10.0. The lowest BCUT2D eigenvalue weighted by Gasteiger charge is -2.10. The molecule has 1 aromatic rings. The molecule has 0 aromatic heterocycles. The van der Waals surface area contributed by atoms with Crippen molar-refractivity contribution in [3.05, 3.63) is 28.8 Å². The Balaban J connectivity index is 3.00. The number of methoxy groups -OCH3 is 2. The second kappa shape index (κ2) is 5.48. The minimum absolute atomic E-state index is 0.234. The van der Waals surface area contributed by atoms with Crippen LogP contribution in [0.3, 0.4) is 0 Å². The molecule has 0 aliphatic heterocycles. The van der Waals surface area contributed by atoms with Gasteiger partial charge in [0.1, 0.15) is 12.2 Å². The fourth-order valence-electron chi connectivity index (χ4n) is 1.74. The summed E-state index contributed by atoms with van der Waals surface area (Å²) in [6, 6.07) is 3.44. The Labute approximate surface area is 101 Å². The second-order valence-electron chi connectivity index (χ2n) is 3.82. The van der Waals surface area contributed by atoms with Gasteiger partial charge < -0.3 is 9.47 Å². The van der Waals surface area contributed by atoms with Gasteiger partial charge in [0.25, 0.3) is 0 Å². The van der Waals surface area contributed by atoms with E-state index >= 15 is 0 Å². The number of esters is 1. The zero-order chi connectivity index (χ0) is 13.0. The SMILES string of the molecule is COC(=O)CC(=O)c1cc(C)c(OC)c(C)c1. The highest BCUT2D eigenvalue weighted by atomic mass is 16.5. The molecule has 4 nitrogen and oxygen atoms in total. The van der Waals surface area contributed by atoms with Gasteiger partial charge in [-0.15, -0.1) is 0 Å². The highest BCUT2D eigenvalue weighted by molar-refractivity contribution is 6.06. The van der Waals surface area contributed by atoms with Gasteiger partial charge in [0.05, 0.1) is 14.2 Å². The predicted molar refractivity (Wildman–Crippen MR) is 63.4 cm³/mol. The lowest BCUT2D eigenvalue weighted by molar-refractivity contribution is -0.139. The van der Waals surface area contributed by atoms with Crippen LogP contribution in [0.15, 0.2) is 12.1 Å². The van der Waals surface area contributed by atoms with E-state index in [9.17, 15) is 9.59 Å². The molecule has 17 heavy (non-hydrogen) atoms. The Morgan fingerprint density at radius 2 is 1.65 bits per heavy atom. The van der Waals surface area contributed by atoms with Crippen molar-refractivity contribution >= 4 is 11.8 Å². The normalized spacial score (nSPS) is 9.88. The van der Waals surface area contributed by atoms with Gasteiger partial charge in [-0.2, -0.15) is 0 Å². The summed E-state index contributed by atoms with van der Waals surface area (Å²) < 4.78 is 9.67. The Hall–Kier alpha value is -1.84. The predicted octanol–water partition coefficient (Wildman–Crippen LogP) is 2.06. The van der Waals surface area contributed by atoms with Crippen molar-refractivity contribution in [1.82, 2.24) is 0 Å². The number of carbonyl (C=O) groups excluding carboxylic acids is 2. The van der Waals surface area contributed by atoms with Crippen molar-refractivity contribution in [3.63, 3.8) is 0 Å². The van der Waals surface area contributed by atoms with Crippen molar-refractivity contribution in [3.8, 4) is 5.75 Å². The Morgan fingerprint density at radius 3 is 2.06 bits per heavy atom. The van der Waals surface area contributed by atoms with E-state index in [-0.39, 0.29) is 12.2 Å². The number of hydrogen-bond acceptors (Lipinski definition) is 4. The number of rotatable bonds is 4. The van der Waals surface area contributed by atoms with Crippen molar-refractivity contribution in [2.75, 3.05) is 14.2 Å². The molecular formula is C13H16O4. The Morgan fingerprint density at radius 1 is 1.12 bits per heavy atom. The standard InChI is InChI=1S/C13H16O4/c1-8-5-10(6-9(2)13(8)17-4)11(14)7-12(15)16-3/h5-6H,7H2,1-4H3. The number of carbonyl (C=O) groups is 2. The van der Waals surface area contributed by atoms with Gasteiger partial charge >= 0.3 is 5.97 Å². The molecule has 1 aromatic carbocycles. The van der Waals surface area contributed by atoms with Gasteiger partial charge in [0, 0.05) is 5.56 Å². The molecular weight excluding hydrogens is 220 g/mol. The molecule has 0 bridgehead atoms. The van der Waals surface area contributed by atoms with Crippen molar-refractivity contribution in [2.45, 2.75) is 20.3 Å². The maximum absolute atomic E-state index is 11.8. The first-order valence-corrected chi connectivity index (χ1v) is 5.24. The molecule has 0 heterocycles. The molecule has 0 amide bonds. The fourth-order valence-corrected chi connectivity index (χ4v) is 1.74. The summed E-state index contributed by atoms with van der Waals surface area (Å²) in [6.07, 6.45) is -0.234. The molecule has 92 valence electrons. The minimum atomic E-state index is -0.527. The van der Waals surface area contributed by atoms with Crippen LogP contribution in [0.4, 0.5) is 0 Å². The molecule has 0 radical (unpaired) electrons. The Kier molecular flexibility index (Phi) is 4.26. The maximum atomic E-state index is 11.8. The molecule has 0 unspecified atom stereocenters. The Bertz CT molecular complexity index is 426. The topological polar surface area (TPSA) is 52.6 Å². The molecule has 0 N–H and O–H groups in total. The van der Waals surface area contributed by atoms with Crippen LogP contribution < -0.4 is 4.74 Å². The maximum Gasteiger partial charge on any atom is 0.313 e. The van der Waals surface area contributed by atoms with Crippen LogP contribution >= 0.6 is 0 Å². The average Bonchev–Trinajstić information content (AvgIpc) is 2.28. The average molecular weight is 236 g/mol. The van der Waals surface area contributed by atoms with Gasteiger partial charge in [-0.25, -0.2) is 0 Å². The number of hydrogen-bond donors (Lipinski definition) is 0. The first kappa shape index (κ1) is 13.2. The third kappa shape index (κ3) is 3.06. The van der Waals surface area contributed by atoms with Crippen LogP contribution in [-0.2, 0) is 9.53 Å². The fraction of sp³-hybridized carbons (Fsp3) is 0.385. The number of benzene rings is 1. The highest BCUT2D eigenvalue weighted by Crippen LogP contribution is 2.24. The molecule has 0 aliphatic rings. The molecule has 0 aliphatic carbocycles. The zero-order valence-corrected chi connectivity index (χ0v) is 10.5. The molecule has 0 atom stereocenters. The van der Waals surface area contributed by atoms with Gasteiger partial charge in [-0.05, 0) is 37.1 Å². The molecule has 0 saturated carbocycles. The van der Waals surface area contributed by atoms with Gasteiger partial charge in [-0.1, -0.05) is 0 Å². The van der Waals surface area contributed by atoms with Crippen molar-refractivity contribution in [1.29, 1.82) is 0 Å². The quantitative estimate of drug-likeness (QED) is 0.456. The van der Waals surface area contributed by atoms with Crippen LogP contribution in [0, 0.1) is 13.8 Å². The van der Waals surface area contributed by atoms with Crippen molar-refractivity contribution < 1.29 is 19.1 Å². The largest absolute Gasteiger partial charge is 0.496 e. The van der Waals surface area contributed by atoms with E-state index in [4.69, 9.17) is 4.74 Å². The van der Waals surface area contributed by atoms with E-state index in [0.717, 1.165) is 16.9 Å².